The smallest absolute Gasteiger partial charge is 0.392 e. The molecule has 3 aromatic carbocycles. The molecule has 51 heavy (non-hydrogen) atoms. The molecule has 0 spiro atoms. The van der Waals surface area contributed by atoms with Gasteiger partial charge in [-0.05, 0) is 66.1 Å². The van der Waals surface area contributed by atoms with Gasteiger partial charge in [-0.3, -0.25) is 14.5 Å². The number of nitrogens with one attached hydrogen (secondary N) is 1. The van der Waals surface area contributed by atoms with Crippen molar-refractivity contribution in [2.75, 3.05) is 33.4 Å². The van der Waals surface area contributed by atoms with Crippen LogP contribution in [-0.4, -0.2) is 84.4 Å². The van der Waals surface area contributed by atoms with Gasteiger partial charge in [-0.25, -0.2) is 0 Å². The minimum atomic E-state index is -5.02. The molecule has 12 heteroatoms. The molecule has 3 aliphatic rings. The molecular formula is C39H46F3N3O6. The first-order valence-electron chi connectivity index (χ1n) is 17.6. The fraction of sp³-hybridized carbons (Fsp3) is 0.487. The number of halogens is 3. The van der Waals surface area contributed by atoms with E-state index in [4.69, 9.17) is 14.2 Å². The average molecular weight is 710 g/mol. The van der Waals surface area contributed by atoms with Crippen molar-refractivity contribution in [2.24, 2.45) is 5.92 Å². The highest BCUT2D eigenvalue weighted by molar-refractivity contribution is 5.90. The molecule has 2 amide bonds. The molecule has 0 saturated carbocycles. The molecular weight excluding hydrogens is 663 g/mol. The third-order valence-electron chi connectivity index (χ3n) is 10.4. The van der Waals surface area contributed by atoms with Gasteiger partial charge in [0.25, 0.3) is 0 Å². The highest BCUT2D eigenvalue weighted by Crippen LogP contribution is 2.42. The van der Waals surface area contributed by atoms with Crippen molar-refractivity contribution >= 4 is 11.8 Å². The van der Waals surface area contributed by atoms with E-state index < -0.39 is 30.3 Å². The van der Waals surface area contributed by atoms with Crippen LogP contribution in [0.1, 0.15) is 67.3 Å². The SMILES string of the molecule is COC[C@@H]1CCCN1C[C@@H]1O[C@H](c2ccc(-c3cccc(CNC(=O)[C@@H]4CCCN4C(=O)C(F)(F)F)c3)cc2)O[C@H](c2ccc(CO)cc2)[C@@H]1C. The summed E-state index contributed by atoms with van der Waals surface area (Å²) in [5, 5.41) is 12.3. The summed E-state index contributed by atoms with van der Waals surface area (Å²) in [4.78, 5) is 27.7. The number of likely N-dealkylation sites (tertiary alicyclic amines) is 2. The van der Waals surface area contributed by atoms with Crippen LogP contribution in [0.4, 0.5) is 13.2 Å². The summed E-state index contributed by atoms with van der Waals surface area (Å²) in [6.45, 7) is 4.60. The first-order valence-corrected chi connectivity index (χ1v) is 17.6. The highest BCUT2D eigenvalue weighted by atomic mass is 19.4. The van der Waals surface area contributed by atoms with Crippen molar-refractivity contribution in [1.29, 1.82) is 0 Å². The zero-order chi connectivity index (χ0) is 36.1. The third kappa shape index (κ3) is 8.64. The van der Waals surface area contributed by atoms with Crippen LogP contribution in [0, 0.1) is 5.92 Å². The quantitative estimate of drug-likeness (QED) is 0.255. The Balaban J connectivity index is 1.15. The van der Waals surface area contributed by atoms with Crippen LogP contribution in [-0.2, 0) is 37.0 Å². The van der Waals surface area contributed by atoms with Crippen LogP contribution in [0.3, 0.4) is 0 Å². The lowest BCUT2D eigenvalue weighted by atomic mass is 9.89. The highest BCUT2D eigenvalue weighted by Gasteiger charge is 2.47. The number of alkyl halides is 3. The molecule has 3 heterocycles. The molecule has 2 N–H and O–H groups in total. The van der Waals surface area contributed by atoms with Gasteiger partial charge in [0.15, 0.2) is 6.29 Å². The summed E-state index contributed by atoms with van der Waals surface area (Å²) in [6, 6.07) is 22.6. The van der Waals surface area contributed by atoms with E-state index in [0.717, 1.165) is 59.3 Å². The second kappa shape index (κ2) is 16.2. The molecule has 274 valence electrons. The third-order valence-corrected chi connectivity index (χ3v) is 10.4. The van der Waals surface area contributed by atoms with E-state index in [-0.39, 0.29) is 44.2 Å². The van der Waals surface area contributed by atoms with Crippen LogP contribution in [0.5, 0.6) is 0 Å². The number of rotatable bonds is 11. The summed E-state index contributed by atoms with van der Waals surface area (Å²) in [5.74, 6) is -2.51. The Bertz CT molecular complexity index is 1640. The largest absolute Gasteiger partial charge is 0.471 e. The van der Waals surface area contributed by atoms with E-state index in [1.165, 1.54) is 0 Å². The Morgan fingerprint density at radius 1 is 0.922 bits per heavy atom. The summed E-state index contributed by atoms with van der Waals surface area (Å²) in [5.41, 5.74) is 5.35. The number of aliphatic hydroxyl groups is 1. The van der Waals surface area contributed by atoms with Gasteiger partial charge in [0, 0.05) is 44.3 Å². The van der Waals surface area contributed by atoms with E-state index in [0.29, 0.717) is 24.0 Å². The number of carbonyl (C=O) groups excluding carboxylic acids is 2. The van der Waals surface area contributed by atoms with Crippen molar-refractivity contribution < 1.29 is 42.1 Å². The predicted octanol–water partition coefficient (Wildman–Crippen LogP) is 5.92. The molecule has 3 aliphatic heterocycles. The van der Waals surface area contributed by atoms with Crippen molar-refractivity contribution in [3.63, 3.8) is 0 Å². The lowest BCUT2D eigenvalue weighted by Gasteiger charge is -2.43. The Morgan fingerprint density at radius 2 is 1.65 bits per heavy atom. The number of carbonyl (C=O) groups is 2. The Hall–Kier alpha value is -3.81. The van der Waals surface area contributed by atoms with E-state index in [1.54, 1.807) is 7.11 Å². The standard InChI is InChI=1S/C39H46F3N3O6/c1-25-34(22-44-18-4-8-32(44)24-49-2)50-37(51-35(25)29-12-10-26(23-46)11-13-29)30-16-14-28(15-17-30)31-7-3-6-27(20-31)21-43-36(47)33-9-5-19-45(33)38(48)39(40,41)42/h3,6-7,10-17,20,25,32-35,37,46H,4-5,8-9,18-19,21-24H2,1-2H3,(H,43,47)/t25-,32+,33+,34+,35+,37+/m1/s1. The topological polar surface area (TPSA) is 101 Å². The molecule has 0 radical (unpaired) electrons. The van der Waals surface area contributed by atoms with Gasteiger partial charge < -0.3 is 29.5 Å². The molecule has 6 atom stereocenters. The summed E-state index contributed by atoms with van der Waals surface area (Å²) in [7, 11) is 1.74. The Labute approximate surface area is 296 Å². The minimum Gasteiger partial charge on any atom is -0.392 e. The molecule has 3 saturated heterocycles. The number of ether oxygens (including phenoxy) is 3. The van der Waals surface area contributed by atoms with Crippen molar-refractivity contribution in [3.05, 3.63) is 95.1 Å². The monoisotopic (exact) mass is 709 g/mol. The van der Waals surface area contributed by atoms with Gasteiger partial charge in [0.2, 0.25) is 5.91 Å². The molecule has 9 nitrogen and oxygen atoms in total. The first kappa shape index (κ1) is 37.0. The molecule has 6 rings (SSSR count). The van der Waals surface area contributed by atoms with Crippen molar-refractivity contribution in [2.45, 2.75) is 82.5 Å². The Morgan fingerprint density at radius 3 is 2.35 bits per heavy atom. The molecule has 0 aliphatic carbocycles. The Kier molecular flexibility index (Phi) is 11.8. The first-order chi connectivity index (χ1) is 24.5. The normalized spacial score (nSPS) is 25.6. The fourth-order valence-corrected chi connectivity index (χ4v) is 7.52. The summed E-state index contributed by atoms with van der Waals surface area (Å²) in [6.07, 6.45) is -3.19. The number of benzene rings is 3. The van der Waals surface area contributed by atoms with Gasteiger partial charge >= 0.3 is 12.1 Å². The zero-order valence-corrected chi connectivity index (χ0v) is 29.0. The number of hydrogen-bond donors (Lipinski definition) is 2. The van der Waals surface area contributed by atoms with Gasteiger partial charge in [-0.1, -0.05) is 73.7 Å². The average Bonchev–Trinajstić information content (AvgIpc) is 3.81. The molecule has 0 unspecified atom stereocenters. The zero-order valence-electron chi connectivity index (χ0n) is 29.0. The number of hydrogen-bond acceptors (Lipinski definition) is 7. The molecule has 3 aromatic rings. The summed E-state index contributed by atoms with van der Waals surface area (Å²) >= 11 is 0. The van der Waals surface area contributed by atoms with Gasteiger partial charge in [-0.15, -0.1) is 0 Å². The van der Waals surface area contributed by atoms with E-state index in [1.807, 2.05) is 72.8 Å². The van der Waals surface area contributed by atoms with E-state index in [9.17, 15) is 27.9 Å². The maximum atomic E-state index is 13.0. The summed E-state index contributed by atoms with van der Waals surface area (Å²) < 4.78 is 58.0. The van der Waals surface area contributed by atoms with Gasteiger partial charge in [0.05, 0.1) is 25.4 Å². The molecule has 0 bridgehead atoms. The van der Waals surface area contributed by atoms with Crippen LogP contribution in [0.15, 0.2) is 72.8 Å². The van der Waals surface area contributed by atoms with E-state index >= 15 is 0 Å². The van der Waals surface area contributed by atoms with Gasteiger partial charge in [-0.2, -0.15) is 13.2 Å². The number of amides is 2. The maximum Gasteiger partial charge on any atom is 0.471 e. The van der Waals surface area contributed by atoms with Crippen LogP contribution in [0.2, 0.25) is 0 Å². The second-order valence-electron chi connectivity index (χ2n) is 13.8. The van der Waals surface area contributed by atoms with Crippen LogP contribution in [0.25, 0.3) is 11.1 Å². The molecule has 0 aromatic heterocycles. The second-order valence-corrected chi connectivity index (χ2v) is 13.8. The van der Waals surface area contributed by atoms with Crippen molar-refractivity contribution in [3.8, 4) is 11.1 Å². The van der Waals surface area contributed by atoms with Crippen LogP contribution < -0.4 is 5.32 Å². The van der Waals surface area contributed by atoms with Gasteiger partial charge in [0.1, 0.15) is 6.04 Å². The lowest BCUT2D eigenvalue weighted by molar-refractivity contribution is -0.276. The number of nitrogens with zero attached hydrogens (tertiary/aromatic N) is 2. The van der Waals surface area contributed by atoms with E-state index in [2.05, 4.69) is 17.1 Å². The maximum absolute atomic E-state index is 13.0. The predicted molar refractivity (Wildman–Crippen MR) is 184 cm³/mol. The van der Waals surface area contributed by atoms with Crippen LogP contribution >= 0.6 is 0 Å². The number of methoxy groups -OCH3 is 1. The molecule has 3 fully saturated rings. The van der Waals surface area contributed by atoms with Crippen molar-refractivity contribution in [1.82, 2.24) is 15.1 Å². The number of aliphatic hydroxyl groups excluding tert-OH is 1. The lowest BCUT2D eigenvalue weighted by Crippen LogP contribution is -2.50. The minimum absolute atomic E-state index is 0.0256. The fourth-order valence-electron chi connectivity index (χ4n) is 7.52.